The van der Waals surface area contributed by atoms with E-state index in [1.54, 1.807) is 18.3 Å². The quantitative estimate of drug-likeness (QED) is 0.877. The van der Waals surface area contributed by atoms with Crippen LogP contribution in [0.15, 0.2) is 41.8 Å². The lowest BCUT2D eigenvalue weighted by Gasteiger charge is -2.06. The van der Waals surface area contributed by atoms with E-state index in [0.717, 1.165) is 11.1 Å². The smallest absolute Gasteiger partial charge is 0.310 e. The summed E-state index contributed by atoms with van der Waals surface area (Å²) in [4.78, 5) is 12.0. The minimum Gasteiger partial charge on any atom is -0.481 e. The third kappa shape index (κ3) is 2.14. The molecule has 0 saturated heterocycles. The molecule has 2 rings (SSSR count). The van der Waals surface area contributed by atoms with Crippen molar-refractivity contribution in [2.75, 3.05) is 0 Å². The molecule has 1 aromatic carbocycles. The van der Waals surface area contributed by atoms with Crippen molar-refractivity contribution in [1.29, 1.82) is 0 Å². The molecule has 0 fully saturated rings. The van der Waals surface area contributed by atoms with Gasteiger partial charge in [-0.25, -0.2) is 0 Å². The van der Waals surface area contributed by atoms with Crippen LogP contribution in [0.5, 0.6) is 0 Å². The van der Waals surface area contributed by atoms with Crippen LogP contribution in [0.25, 0.3) is 10.4 Å². The van der Waals surface area contributed by atoms with Crippen molar-refractivity contribution in [2.45, 2.75) is 12.8 Å². The van der Waals surface area contributed by atoms with Crippen LogP contribution < -0.4 is 0 Å². The van der Waals surface area contributed by atoms with Crippen molar-refractivity contribution < 1.29 is 9.90 Å². The number of thiophene rings is 1. The molecule has 2 nitrogen and oxygen atoms in total. The van der Waals surface area contributed by atoms with Crippen molar-refractivity contribution in [1.82, 2.24) is 0 Å². The summed E-state index contributed by atoms with van der Waals surface area (Å²) in [6, 6.07) is 11.8. The second kappa shape index (κ2) is 4.49. The van der Waals surface area contributed by atoms with Crippen LogP contribution in [0.1, 0.15) is 18.4 Å². The number of rotatable bonds is 3. The zero-order chi connectivity index (χ0) is 11.5. The minimum atomic E-state index is -0.788. The Kier molecular flexibility index (Phi) is 3.06. The summed E-state index contributed by atoms with van der Waals surface area (Å²) >= 11 is 1.68. The van der Waals surface area contributed by atoms with Crippen molar-refractivity contribution in [2.24, 2.45) is 0 Å². The third-order valence-corrected chi connectivity index (χ3v) is 3.51. The number of carboxylic acids is 1. The predicted molar refractivity (Wildman–Crippen MR) is 65.8 cm³/mol. The number of carbonyl (C=O) groups is 1. The fraction of sp³-hybridized carbons (Fsp3) is 0.154. The largest absolute Gasteiger partial charge is 0.481 e. The zero-order valence-corrected chi connectivity index (χ0v) is 9.70. The second-order valence-corrected chi connectivity index (χ2v) is 4.61. The van der Waals surface area contributed by atoms with E-state index in [4.69, 9.17) is 5.11 Å². The predicted octanol–water partition coefficient (Wildman–Crippen LogP) is 3.60. The number of benzene rings is 1. The van der Waals surface area contributed by atoms with Crippen LogP contribution in [-0.2, 0) is 4.79 Å². The molecule has 82 valence electrons. The van der Waals surface area contributed by atoms with Crippen molar-refractivity contribution in [3.05, 3.63) is 47.3 Å². The van der Waals surface area contributed by atoms with E-state index in [-0.39, 0.29) is 0 Å². The highest BCUT2D eigenvalue weighted by Gasteiger charge is 2.13. The molecule has 0 aliphatic rings. The first-order valence-corrected chi connectivity index (χ1v) is 5.93. The maximum Gasteiger partial charge on any atom is 0.310 e. The van der Waals surface area contributed by atoms with E-state index in [9.17, 15) is 4.79 Å². The Hall–Kier alpha value is -1.61. The normalized spacial score (nSPS) is 12.3. The van der Waals surface area contributed by atoms with Gasteiger partial charge in [0.05, 0.1) is 5.92 Å². The molecule has 1 N–H and O–H groups in total. The molecular formula is C13H12O2S. The Morgan fingerprint density at radius 1 is 1.25 bits per heavy atom. The first-order chi connectivity index (χ1) is 7.68. The van der Waals surface area contributed by atoms with Crippen LogP contribution in [0, 0.1) is 0 Å². The van der Waals surface area contributed by atoms with Crippen molar-refractivity contribution in [3.63, 3.8) is 0 Å². The van der Waals surface area contributed by atoms with Gasteiger partial charge in [0, 0.05) is 4.88 Å². The summed E-state index contributed by atoms with van der Waals surface area (Å²) in [6.45, 7) is 1.70. The SMILES string of the molecule is CC(C(=O)O)c1ccc(-c2cccs2)cc1. The molecule has 16 heavy (non-hydrogen) atoms. The molecule has 0 aliphatic carbocycles. The maximum absolute atomic E-state index is 10.8. The van der Waals surface area contributed by atoms with Crippen LogP contribution in [0.4, 0.5) is 0 Å². The lowest BCUT2D eigenvalue weighted by molar-refractivity contribution is -0.138. The zero-order valence-electron chi connectivity index (χ0n) is 8.88. The average molecular weight is 232 g/mol. The van der Waals surface area contributed by atoms with Gasteiger partial charge in [-0.2, -0.15) is 0 Å². The molecule has 1 unspecified atom stereocenters. The Morgan fingerprint density at radius 3 is 2.44 bits per heavy atom. The van der Waals surface area contributed by atoms with E-state index in [1.807, 2.05) is 35.7 Å². The molecule has 0 spiro atoms. The van der Waals surface area contributed by atoms with Gasteiger partial charge in [0.1, 0.15) is 0 Å². The Labute approximate surface area is 98.2 Å². The molecule has 0 amide bonds. The van der Waals surface area contributed by atoms with Crippen molar-refractivity contribution in [3.8, 4) is 10.4 Å². The monoisotopic (exact) mass is 232 g/mol. The van der Waals surface area contributed by atoms with Gasteiger partial charge in [0.2, 0.25) is 0 Å². The lowest BCUT2D eigenvalue weighted by Crippen LogP contribution is -2.06. The van der Waals surface area contributed by atoms with E-state index in [2.05, 4.69) is 6.07 Å². The van der Waals surface area contributed by atoms with Gasteiger partial charge in [-0.3, -0.25) is 4.79 Å². The van der Waals surface area contributed by atoms with Gasteiger partial charge in [-0.15, -0.1) is 11.3 Å². The van der Waals surface area contributed by atoms with E-state index in [0.29, 0.717) is 0 Å². The Morgan fingerprint density at radius 2 is 1.94 bits per heavy atom. The fourth-order valence-corrected chi connectivity index (χ4v) is 2.25. The van der Waals surface area contributed by atoms with E-state index >= 15 is 0 Å². The van der Waals surface area contributed by atoms with Gasteiger partial charge in [-0.1, -0.05) is 30.3 Å². The molecule has 2 aromatic rings. The summed E-state index contributed by atoms with van der Waals surface area (Å²) in [6.07, 6.45) is 0. The van der Waals surface area contributed by atoms with Gasteiger partial charge < -0.3 is 5.11 Å². The summed E-state index contributed by atoms with van der Waals surface area (Å²) < 4.78 is 0. The summed E-state index contributed by atoms with van der Waals surface area (Å²) in [5.74, 6) is -1.23. The number of carboxylic acid groups (broad SMARTS) is 1. The van der Waals surface area contributed by atoms with Gasteiger partial charge >= 0.3 is 5.97 Å². The molecule has 3 heteroatoms. The van der Waals surface area contributed by atoms with E-state index in [1.165, 1.54) is 4.88 Å². The van der Waals surface area contributed by atoms with E-state index < -0.39 is 11.9 Å². The molecule has 0 radical (unpaired) electrons. The molecule has 0 bridgehead atoms. The Bertz CT molecular complexity index is 471. The molecule has 0 saturated carbocycles. The molecule has 1 atom stereocenters. The maximum atomic E-state index is 10.8. The fourth-order valence-electron chi connectivity index (χ4n) is 1.52. The highest BCUT2D eigenvalue weighted by Crippen LogP contribution is 2.26. The van der Waals surface area contributed by atoms with Gasteiger partial charge in [-0.05, 0) is 29.5 Å². The van der Waals surface area contributed by atoms with Crippen LogP contribution in [0.2, 0.25) is 0 Å². The molecule has 0 aliphatic heterocycles. The second-order valence-electron chi connectivity index (χ2n) is 3.66. The first-order valence-electron chi connectivity index (χ1n) is 5.05. The highest BCUT2D eigenvalue weighted by molar-refractivity contribution is 7.13. The van der Waals surface area contributed by atoms with Crippen LogP contribution in [0.3, 0.4) is 0 Å². The third-order valence-electron chi connectivity index (χ3n) is 2.59. The summed E-state index contributed by atoms with van der Waals surface area (Å²) in [5, 5.41) is 10.9. The van der Waals surface area contributed by atoms with Gasteiger partial charge in [0.25, 0.3) is 0 Å². The van der Waals surface area contributed by atoms with Gasteiger partial charge in [0.15, 0.2) is 0 Å². The summed E-state index contributed by atoms with van der Waals surface area (Å²) in [7, 11) is 0. The number of hydrogen-bond acceptors (Lipinski definition) is 2. The topological polar surface area (TPSA) is 37.3 Å². The lowest BCUT2D eigenvalue weighted by atomic mass is 10.00. The van der Waals surface area contributed by atoms with Crippen LogP contribution in [-0.4, -0.2) is 11.1 Å². The molecule has 1 heterocycles. The number of hydrogen-bond donors (Lipinski definition) is 1. The first kappa shape index (κ1) is 10.9. The molecule has 1 aromatic heterocycles. The molecular weight excluding hydrogens is 220 g/mol. The highest BCUT2D eigenvalue weighted by atomic mass is 32.1. The summed E-state index contributed by atoms with van der Waals surface area (Å²) in [5.41, 5.74) is 1.98. The standard InChI is InChI=1S/C13H12O2S/c1-9(13(14)15)10-4-6-11(7-5-10)12-3-2-8-16-12/h2-9H,1H3,(H,14,15). The number of aliphatic carboxylic acids is 1. The van der Waals surface area contributed by atoms with Crippen LogP contribution >= 0.6 is 11.3 Å². The Balaban J connectivity index is 2.26. The van der Waals surface area contributed by atoms with Crippen molar-refractivity contribution >= 4 is 17.3 Å². The average Bonchev–Trinajstić information content (AvgIpc) is 2.81. The minimum absolute atomic E-state index is 0.447.